The van der Waals surface area contributed by atoms with Crippen LogP contribution in [0.4, 0.5) is 13.2 Å². The van der Waals surface area contributed by atoms with E-state index in [9.17, 15) is 18.0 Å². The summed E-state index contributed by atoms with van der Waals surface area (Å²) in [6.45, 7) is 0.542. The molecule has 1 fully saturated rings. The predicted molar refractivity (Wildman–Crippen MR) is 41.4 cm³/mol. The summed E-state index contributed by atoms with van der Waals surface area (Å²) in [6.07, 6.45) is -4.61. The number of rotatable bonds is 2. The number of halogens is 3. The molecule has 0 aromatic rings. The smallest absolute Gasteiger partial charge is 0.379 e. The second kappa shape index (κ2) is 4.14. The van der Waals surface area contributed by atoms with Gasteiger partial charge in [0, 0.05) is 13.1 Å². The molecule has 14 heavy (non-hydrogen) atoms. The summed E-state index contributed by atoms with van der Waals surface area (Å²) in [5.41, 5.74) is 4.71. The minimum Gasteiger partial charge on any atom is -0.379 e. The van der Waals surface area contributed by atoms with Gasteiger partial charge in [-0.25, -0.2) is 0 Å². The summed E-state index contributed by atoms with van der Waals surface area (Å²) in [5, 5.41) is 0. The van der Waals surface area contributed by atoms with Crippen molar-refractivity contribution in [2.75, 3.05) is 26.3 Å². The normalized spacial score (nSPS) is 21.9. The van der Waals surface area contributed by atoms with Gasteiger partial charge in [0.05, 0.1) is 13.2 Å². The molecule has 0 aliphatic carbocycles. The van der Waals surface area contributed by atoms with E-state index in [1.807, 2.05) is 0 Å². The largest absolute Gasteiger partial charge is 0.412 e. The summed E-state index contributed by atoms with van der Waals surface area (Å²) >= 11 is 0. The molecule has 7 heteroatoms. The van der Waals surface area contributed by atoms with Gasteiger partial charge in [-0.1, -0.05) is 0 Å². The summed E-state index contributed by atoms with van der Waals surface area (Å²) in [4.78, 5) is 11.7. The van der Waals surface area contributed by atoms with Gasteiger partial charge < -0.3 is 10.5 Å². The lowest BCUT2D eigenvalue weighted by atomic mass is 10.2. The predicted octanol–water partition coefficient (Wildman–Crippen LogP) is -0.265. The Kier molecular flexibility index (Phi) is 3.33. The van der Waals surface area contributed by atoms with Crippen LogP contribution in [0.2, 0.25) is 0 Å². The third-order valence-electron chi connectivity index (χ3n) is 1.99. The first-order valence-corrected chi connectivity index (χ1v) is 4.11. The Bertz CT molecular complexity index is 213. The molecule has 2 N–H and O–H groups in total. The molecule has 1 rings (SSSR count). The fourth-order valence-electron chi connectivity index (χ4n) is 1.38. The van der Waals surface area contributed by atoms with Crippen LogP contribution in [0, 0.1) is 0 Å². The Labute approximate surface area is 78.8 Å². The maximum Gasteiger partial charge on any atom is 0.412 e. The average molecular weight is 212 g/mol. The van der Waals surface area contributed by atoms with E-state index in [0.717, 1.165) is 4.90 Å². The summed E-state index contributed by atoms with van der Waals surface area (Å²) in [6, 6.07) is -2.19. The van der Waals surface area contributed by atoms with E-state index in [-0.39, 0.29) is 26.3 Å². The van der Waals surface area contributed by atoms with Crippen molar-refractivity contribution in [3.8, 4) is 0 Å². The van der Waals surface area contributed by atoms with E-state index in [1.54, 1.807) is 0 Å². The fourth-order valence-corrected chi connectivity index (χ4v) is 1.38. The van der Waals surface area contributed by atoms with Crippen molar-refractivity contribution in [3.05, 3.63) is 0 Å². The molecular formula is C7H11F3N2O2. The van der Waals surface area contributed by atoms with Crippen LogP contribution in [0.3, 0.4) is 0 Å². The maximum absolute atomic E-state index is 12.4. The van der Waals surface area contributed by atoms with Crippen molar-refractivity contribution in [3.63, 3.8) is 0 Å². The third kappa shape index (κ3) is 2.58. The highest BCUT2D eigenvalue weighted by atomic mass is 19.4. The Morgan fingerprint density at radius 2 is 1.86 bits per heavy atom. The van der Waals surface area contributed by atoms with Crippen molar-refractivity contribution in [2.45, 2.75) is 12.2 Å². The Morgan fingerprint density at radius 3 is 2.21 bits per heavy atom. The lowest BCUT2D eigenvalue weighted by Gasteiger charge is -2.33. The molecule has 0 radical (unpaired) electrons. The quantitative estimate of drug-likeness (QED) is 0.685. The molecule has 1 aliphatic heterocycles. The van der Waals surface area contributed by atoms with Crippen LogP contribution < -0.4 is 5.73 Å². The van der Waals surface area contributed by atoms with Crippen LogP contribution in [-0.2, 0) is 9.53 Å². The van der Waals surface area contributed by atoms with Crippen molar-refractivity contribution in [1.29, 1.82) is 0 Å². The van der Waals surface area contributed by atoms with E-state index in [2.05, 4.69) is 0 Å². The van der Waals surface area contributed by atoms with Gasteiger partial charge in [-0.05, 0) is 0 Å². The van der Waals surface area contributed by atoms with Crippen molar-refractivity contribution < 1.29 is 22.7 Å². The molecule has 1 saturated heterocycles. The van der Waals surface area contributed by atoms with Gasteiger partial charge in [0.25, 0.3) is 0 Å². The number of nitrogens with two attached hydrogens (primary N) is 1. The number of morpholine rings is 1. The lowest BCUT2D eigenvalue weighted by Crippen LogP contribution is -2.56. The monoisotopic (exact) mass is 212 g/mol. The topological polar surface area (TPSA) is 55.6 Å². The minimum atomic E-state index is -4.61. The molecule has 0 bridgehead atoms. The van der Waals surface area contributed by atoms with Crippen LogP contribution in [0.1, 0.15) is 0 Å². The SMILES string of the molecule is NC(=O)C(N1CCOCC1)C(F)(F)F. The number of hydrogen-bond donors (Lipinski definition) is 1. The number of carbonyl (C=O) groups excluding carboxylic acids is 1. The van der Waals surface area contributed by atoms with Crippen molar-refractivity contribution >= 4 is 5.91 Å². The highest BCUT2D eigenvalue weighted by molar-refractivity contribution is 5.80. The fraction of sp³-hybridized carbons (Fsp3) is 0.857. The van der Waals surface area contributed by atoms with E-state index in [0.29, 0.717) is 0 Å². The first-order valence-electron chi connectivity index (χ1n) is 4.11. The molecule has 1 heterocycles. The van der Waals surface area contributed by atoms with Gasteiger partial charge >= 0.3 is 6.18 Å². The maximum atomic E-state index is 12.4. The highest BCUT2D eigenvalue weighted by Gasteiger charge is 2.47. The Morgan fingerprint density at radius 1 is 1.36 bits per heavy atom. The lowest BCUT2D eigenvalue weighted by molar-refractivity contribution is -0.193. The molecule has 1 unspecified atom stereocenters. The number of nitrogens with zero attached hydrogens (tertiary/aromatic N) is 1. The minimum absolute atomic E-state index is 0.0765. The van der Waals surface area contributed by atoms with Crippen molar-refractivity contribution in [2.24, 2.45) is 5.73 Å². The van der Waals surface area contributed by atoms with Crippen LogP contribution in [0.15, 0.2) is 0 Å². The highest BCUT2D eigenvalue weighted by Crippen LogP contribution is 2.25. The number of amides is 1. The van der Waals surface area contributed by atoms with Crippen LogP contribution in [0.25, 0.3) is 0 Å². The Hall–Kier alpha value is -0.820. The van der Waals surface area contributed by atoms with Crippen molar-refractivity contribution in [1.82, 2.24) is 4.90 Å². The van der Waals surface area contributed by atoms with Gasteiger partial charge in [0.2, 0.25) is 5.91 Å². The summed E-state index contributed by atoms with van der Waals surface area (Å²) in [5.74, 6) is -1.36. The van der Waals surface area contributed by atoms with Gasteiger partial charge in [-0.2, -0.15) is 13.2 Å². The van der Waals surface area contributed by atoms with Crippen LogP contribution in [0.5, 0.6) is 0 Å². The number of primary amides is 1. The summed E-state index contributed by atoms with van der Waals surface area (Å²) < 4.78 is 42.0. The van der Waals surface area contributed by atoms with E-state index in [4.69, 9.17) is 10.5 Å². The molecule has 82 valence electrons. The molecule has 0 spiro atoms. The van der Waals surface area contributed by atoms with E-state index in [1.165, 1.54) is 0 Å². The average Bonchev–Trinajstić information content (AvgIpc) is 2.02. The first-order chi connectivity index (χ1) is 6.43. The third-order valence-corrected chi connectivity index (χ3v) is 1.99. The summed E-state index contributed by atoms with van der Waals surface area (Å²) in [7, 11) is 0. The molecule has 1 amide bonds. The number of hydrogen-bond acceptors (Lipinski definition) is 3. The second-order valence-corrected chi connectivity index (χ2v) is 2.99. The first kappa shape index (κ1) is 11.3. The Balaban J connectivity index is 2.71. The van der Waals surface area contributed by atoms with Crippen LogP contribution in [-0.4, -0.2) is 49.3 Å². The standard InChI is InChI=1S/C7H11F3N2O2/c8-7(9,10)5(6(11)13)12-1-3-14-4-2-12/h5H,1-4H2,(H2,11,13). The number of ether oxygens (including phenoxy) is 1. The zero-order valence-electron chi connectivity index (χ0n) is 7.38. The molecule has 1 aliphatic rings. The molecule has 0 aromatic heterocycles. The zero-order valence-corrected chi connectivity index (χ0v) is 7.38. The molecule has 1 atom stereocenters. The molecule has 0 saturated carbocycles. The van der Waals surface area contributed by atoms with Gasteiger partial charge in [-0.15, -0.1) is 0 Å². The van der Waals surface area contributed by atoms with Gasteiger partial charge in [-0.3, -0.25) is 9.69 Å². The van der Waals surface area contributed by atoms with E-state index >= 15 is 0 Å². The molecular weight excluding hydrogens is 201 g/mol. The molecule has 0 aromatic carbocycles. The zero-order chi connectivity index (χ0) is 10.8. The van der Waals surface area contributed by atoms with E-state index < -0.39 is 18.1 Å². The number of carbonyl (C=O) groups is 1. The number of alkyl halides is 3. The van der Waals surface area contributed by atoms with Gasteiger partial charge in [0.1, 0.15) is 0 Å². The second-order valence-electron chi connectivity index (χ2n) is 2.99. The molecule has 4 nitrogen and oxygen atoms in total. The van der Waals surface area contributed by atoms with Gasteiger partial charge in [0.15, 0.2) is 6.04 Å². The van der Waals surface area contributed by atoms with Crippen LogP contribution >= 0.6 is 0 Å².